The number of nitrogens with one attached hydrogen (secondary N) is 1. The molecule has 5 rings (SSSR count). The van der Waals surface area contributed by atoms with Gasteiger partial charge in [-0.3, -0.25) is 4.79 Å². The van der Waals surface area contributed by atoms with Crippen molar-refractivity contribution in [2.45, 2.75) is 12.5 Å². The third kappa shape index (κ3) is 6.20. The van der Waals surface area contributed by atoms with Crippen LogP contribution in [0, 0.1) is 0 Å². The Labute approximate surface area is 238 Å². The van der Waals surface area contributed by atoms with Gasteiger partial charge in [0.15, 0.2) is 0 Å². The molecule has 11 heteroatoms. The van der Waals surface area contributed by atoms with Gasteiger partial charge in [-0.1, -0.05) is 46.9 Å². The molecular formula is C28H19Cl3N2O6. The molecule has 1 aromatic heterocycles. The molecule has 2 heterocycles. The van der Waals surface area contributed by atoms with Crippen LogP contribution in [-0.4, -0.2) is 28.8 Å². The first-order valence-corrected chi connectivity index (χ1v) is 12.8. The summed E-state index contributed by atoms with van der Waals surface area (Å²) in [7, 11) is 0. The molecule has 0 bridgehead atoms. The van der Waals surface area contributed by atoms with Crippen molar-refractivity contribution in [3.63, 3.8) is 0 Å². The van der Waals surface area contributed by atoms with Crippen LogP contribution in [-0.2, 0) is 4.74 Å². The fourth-order valence-corrected chi connectivity index (χ4v) is 4.50. The van der Waals surface area contributed by atoms with Gasteiger partial charge in [0.05, 0.1) is 27.4 Å². The SMILES string of the molecule is O=C(O)OC1CCOc2cc(Oc3ccc(C(=O)Nc4cccc(-c5ccc(Cl)c(Cl)c5)n4)cc3)c(Cl)cc21. The Balaban J connectivity index is 1.27. The number of hydrogen-bond acceptors (Lipinski definition) is 6. The van der Waals surface area contributed by atoms with Crippen molar-refractivity contribution in [1.29, 1.82) is 0 Å². The zero-order chi connectivity index (χ0) is 27.5. The van der Waals surface area contributed by atoms with Crippen LogP contribution in [0.4, 0.5) is 10.6 Å². The normalized spacial score (nSPS) is 14.1. The highest BCUT2D eigenvalue weighted by molar-refractivity contribution is 6.42. The van der Waals surface area contributed by atoms with E-state index in [0.717, 1.165) is 5.56 Å². The summed E-state index contributed by atoms with van der Waals surface area (Å²) >= 11 is 18.5. The average molecular weight is 586 g/mol. The lowest BCUT2D eigenvalue weighted by Crippen LogP contribution is -2.18. The standard InChI is InChI=1S/C28H19Cl3N2O6/c29-19-9-6-16(12-20(19)30)22-2-1-3-26(32-22)33-27(34)15-4-7-17(8-5-15)38-25-14-24-18(13-21(25)31)23(10-11-37-24)39-28(35)36/h1-9,12-14,23H,10-11H2,(H,35,36)(H,32,33,34). The predicted molar refractivity (Wildman–Crippen MR) is 148 cm³/mol. The quantitative estimate of drug-likeness (QED) is 0.219. The Morgan fingerprint density at radius 3 is 2.49 bits per heavy atom. The summed E-state index contributed by atoms with van der Waals surface area (Å²) in [6, 6.07) is 20.1. The van der Waals surface area contributed by atoms with E-state index in [9.17, 15) is 9.59 Å². The zero-order valence-electron chi connectivity index (χ0n) is 20.0. The third-order valence-corrected chi connectivity index (χ3v) is 6.88. The van der Waals surface area contributed by atoms with E-state index in [1.165, 1.54) is 0 Å². The number of hydrogen-bond donors (Lipinski definition) is 2. The number of pyridine rings is 1. The van der Waals surface area contributed by atoms with Gasteiger partial charge in [-0.25, -0.2) is 9.78 Å². The molecule has 39 heavy (non-hydrogen) atoms. The van der Waals surface area contributed by atoms with Crippen LogP contribution < -0.4 is 14.8 Å². The molecule has 4 aromatic rings. The minimum atomic E-state index is -1.37. The summed E-state index contributed by atoms with van der Waals surface area (Å²) < 4.78 is 16.5. The fraction of sp³-hybridized carbons (Fsp3) is 0.107. The van der Waals surface area contributed by atoms with E-state index < -0.39 is 12.3 Å². The maximum Gasteiger partial charge on any atom is 0.506 e. The Morgan fingerprint density at radius 1 is 0.949 bits per heavy atom. The molecule has 1 unspecified atom stereocenters. The fourth-order valence-electron chi connectivity index (χ4n) is 3.99. The van der Waals surface area contributed by atoms with E-state index in [0.29, 0.717) is 63.0 Å². The first kappa shape index (κ1) is 26.6. The van der Waals surface area contributed by atoms with Crippen LogP contribution in [0.5, 0.6) is 17.2 Å². The lowest BCUT2D eigenvalue weighted by Gasteiger charge is -2.25. The molecular weight excluding hydrogens is 567 g/mol. The molecule has 0 saturated heterocycles. The smallest absolute Gasteiger partial charge is 0.493 e. The van der Waals surface area contributed by atoms with Gasteiger partial charge in [0, 0.05) is 29.2 Å². The number of carboxylic acid groups (broad SMARTS) is 1. The second kappa shape index (κ2) is 11.4. The molecule has 1 aliphatic heterocycles. The number of halogens is 3. The number of fused-ring (bicyclic) bond motifs is 1. The number of carbonyl (C=O) groups is 2. The summed E-state index contributed by atoms with van der Waals surface area (Å²) in [6.07, 6.45) is -1.66. The molecule has 0 saturated carbocycles. The highest BCUT2D eigenvalue weighted by Crippen LogP contribution is 2.42. The average Bonchev–Trinajstić information content (AvgIpc) is 2.91. The lowest BCUT2D eigenvalue weighted by molar-refractivity contribution is 0.0326. The van der Waals surface area contributed by atoms with Crippen LogP contribution in [0.25, 0.3) is 11.3 Å². The van der Waals surface area contributed by atoms with E-state index in [-0.39, 0.29) is 10.9 Å². The van der Waals surface area contributed by atoms with Gasteiger partial charge in [0.1, 0.15) is 29.2 Å². The van der Waals surface area contributed by atoms with E-state index in [4.69, 9.17) is 54.1 Å². The predicted octanol–water partition coefficient (Wildman–Crippen LogP) is 8.27. The maximum absolute atomic E-state index is 12.8. The number of ether oxygens (including phenoxy) is 3. The van der Waals surface area contributed by atoms with Crippen LogP contribution >= 0.6 is 34.8 Å². The summed E-state index contributed by atoms with van der Waals surface area (Å²) in [5.41, 5.74) is 2.31. The van der Waals surface area contributed by atoms with Gasteiger partial charge < -0.3 is 24.6 Å². The number of aromatic nitrogens is 1. The number of nitrogens with zero attached hydrogens (tertiary/aromatic N) is 1. The molecule has 0 spiro atoms. The highest BCUT2D eigenvalue weighted by Gasteiger charge is 2.27. The second-order valence-corrected chi connectivity index (χ2v) is 9.67. The summed E-state index contributed by atoms with van der Waals surface area (Å²) in [6.45, 7) is 0.293. The van der Waals surface area contributed by atoms with Gasteiger partial charge >= 0.3 is 6.16 Å². The molecule has 1 amide bonds. The highest BCUT2D eigenvalue weighted by atomic mass is 35.5. The maximum atomic E-state index is 12.8. The number of rotatable bonds is 6. The third-order valence-electron chi connectivity index (χ3n) is 5.84. The largest absolute Gasteiger partial charge is 0.506 e. The van der Waals surface area contributed by atoms with Crippen LogP contribution in [0.3, 0.4) is 0 Å². The molecule has 1 aliphatic rings. The first-order chi connectivity index (χ1) is 18.8. The van der Waals surface area contributed by atoms with Crippen LogP contribution in [0.15, 0.2) is 72.8 Å². The minimum Gasteiger partial charge on any atom is -0.493 e. The van der Waals surface area contributed by atoms with Crippen molar-refractivity contribution in [2.24, 2.45) is 0 Å². The minimum absolute atomic E-state index is 0.257. The van der Waals surface area contributed by atoms with Gasteiger partial charge in [0.2, 0.25) is 0 Å². The van der Waals surface area contributed by atoms with Gasteiger partial charge in [-0.15, -0.1) is 0 Å². The topological polar surface area (TPSA) is 107 Å². The Bertz CT molecular complexity index is 1560. The molecule has 0 aliphatic carbocycles. The van der Waals surface area contributed by atoms with Crippen molar-refractivity contribution in [1.82, 2.24) is 4.98 Å². The second-order valence-electron chi connectivity index (χ2n) is 8.45. The summed E-state index contributed by atoms with van der Waals surface area (Å²) in [4.78, 5) is 28.3. The number of amides is 1. The molecule has 1 atom stereocenters. The Hall–Kier alpha value is -3.98. The van der Waals surface area contributed by atoms with Gasteiger partial charge in [0.25, 0.3) is 5.91 Å². The monoisotopic (exact) mass is 584 g/mol. The molecule has 0 radical (unpaired) electrons. The van der Waals surface area contributed by atoms with Crippen LogP contribution in [0.1, 0.15) is 28.4 Å². The van der Waals surface area contributed by atoms with E-state index in [1.54, 1.807) is 72.8 Å². The van der Waals surface area contributed by atoms with E-state index in [1.807, 2.05) is 0 Å². The van der Waals surface area contributed by atoms with E-state index in [2.05, 4.69) is 10.3 Å². The molecule has 8 nitrogen and oxygen atoms in total. The Kier molecular flexibility index (Phi) is 7.79. The molecule has 198 valence electrons. The van der Waals surface area contributed by atoms with E-state index >= 15 is 0 Å². The summed E-state index contributed by atoms with van der Waals surface area (Å²) in [5.74, 6) is 1.19. The number of anilines is 1. The summed E-state index contributed by atoms with van der Waals surface area (Å²) in [5, 5.41) is 12.9. The van der Waals surface area contributed by atoms with Gasteiger partial charge in [-0.05, 0) is 54.6 Å². The van der Waals surface area contributed by atoms with Crippen molar-refractivity contribution >= 4 is 52.7 Å². The van der Waals surface area contributed by atoms with Crippen molar-refractivity contribution < 1.29 is 28.9 Å². The number of benzene rings is 3. The van der Waals surface area contributed by atoms with Crippen molar-refractivity contribution in [2.75, 3.05) is 11.9 Å². The zero-order valence-corrected chi connectivity index (χ0v) is 22.3. The van der Waals surface area contributed by atoms with Gasteiger partial charge in [-0.2, -0.15) is 0 Å². The number of carbonyl (C=O) groups excluding carboxylic acids is 1. The first-order valence-electron chi connectivity index (χ1n) is 11.6. The van der Waals surface area contributed by atoms with Crippen LogP contribution in [0.2, 0.25) is 15.1 Å². The Morgan fingerprint density at radius 2 is 1.74 bits per heavy atom. The molecule has 0 fully saturated rings. The van der Waals surface area contributed by atoms with Crippen molar-refractivity contribution in [3.8, 4) is 28.5 Å². The molecule has 2 N–H and O–H groups in total. The lowest BCUT2D eigenvalue weighted by atomic mass is 10.0. The molecule has 3 aromatic carbocycles. The van der Waals surface area contributed by atoms with Crippen molar-refractivity contribution in [3.05, 3.63) is 99.0 Å².